The molecule has 0 radical (unpaired) electrons. The molecule has 1 aliphatic heterocycles. The highest BCUT2D eigenvalue weighted by molar-refractivity contribution is 7.89. The van der Waals surface area contributed by atoms with E-state index in [4.69, 9.17) is 0 Å². The number of rotatable bonds is 3. The van der Waals surface area contributed by atoms with Crippen molar-refractivity contribution in [2.75, 3.05) is 6.54 Å². The van der Waals surface area contributed by atoms with Crippen LogP contribution in [0.4, 0.5) is 0 Å². The number of phenols is 1. The first kappa shape index (κ1) is 20.6. The first-order chi connectivity index (χ1) is 14.2. The minimum atomic E-state index is -3.62. The van der Waals surface area contributed by atoms with Gasteiger partial charge in [0.1, 0.15) is 5.75 Å². The molecule has 156 valence electrons. The molecule has 0 unspecified atom stereocenters. The SMILES string of the molecule is Cc1ccc(S(=O)(=O)N2CCc3ccc(-c4c(C)cc(C)cc4C)c(O)c3C2)cc1. The van der Waals surface area contributed by atoms with Gasteiger partial charge in [0.25, 0.3) is 0 Å². The molecule has 0 fully saturated rings. The Morgan fingerprint density at radius 2 is 1.50 bits per heavy atom. The quantitative estimate of drug-likeness (QED) is 0.645. The molecule has 30 heavy (non-hydrogen) atoms. The summed E-state index contributed by atoms with van der Waals surface area (Å²) in [7, 11) is -3.62. The summed E-state index contributed by atoms with van der Waals surface area (Å²) in [5.41, 5.74) is 7.89. The lowest BCUT2D eigenvalue weighted by Crippen LogP contribution is -2.36. The summed E-state index contributed by atoms with van der Waals surface area (Å²) in [4.78, 5) is 0.289. The number of phenolic OH excluding ortho intramolecular Hbond substituents is 1. The number of hydrogen-bond acceptors (Lipinski definition) is 3. The van der Waals surface area contributed by atoms with E-state index in [0.29, 0.717) is 18.5 Å². The maximum atomic E-state index is 13.2. The maximum absolute atomic E-state index is 13.2. The molecule has 4 rings (SSSR count). The minimum Gasteiger partial charge on any atom is -0.507 e. The van der Waals surface area contributed by atoms with Gasteiger partial charge in [0, 0.05) is 24.2 Å². The van der Waals surface area contributed by atoms with Crippen molar-refractivity contribution in [2.45, 2.75) is 45.6 Å². The van der Waals surface area contributed by atoms with Gasteiger partial charge in [-0.3, -0.25) is 0 Å². The number of aryl methyl sites for hydroxylation is 4. The molecule has 3 aromatic carbocycles. The van der Waals surface area contributed by atoms with Crippen molar-refractivity contribution >= 4 is 10.0 Å². The number of aromatic hydroxyl groups is 1. The zero-order valence-corrected chi connectivity index (χ0v) is 18.7. The fourth-order valence-electron chi connectivity index (χ4n) is 4.46. The predicted octanol–water partition coefficient (Wildman–Crippen LogP) is 5.04. The number of hydrogen-bond donors (Lipinski definition) is 1. The molecule has 5 heteroatoms. The maximum Gasteiger partial charge on any atom is 0.243 e. The summed E-state index contributed by atoms with van der Waals surface area (Å²) in [6, 6.07) is 15.1. The molecule has 1 N–H and O–H groups in total. The molecule has 0 spiro atoms. The molecule has 0 saturated heterocycles. The van der Waals surface area contributed by atoms with Crippen molar-refractivity contribution in [1.29, 1.82) is 0 Å². The number of nitrogens with zero attached hydrogens (tertiary/aromatic N) is 1. The van der Waals surface area contributed by atoms with Gasteiger partial charge in [-0.25, -0.2) is 8.42 Å². The van der Waals surface area contributed by atoms with Crippen LogP contribution in [0.2, 0.25) is 0 Å². The fourth-order valence-corrected chi connectivity index (χ4v) is 5.87. The van der Waals surface area contributed by atoms with Crippen LogP contribution in [0.15, 0.2) is 53.4 Å². The first-order valence-corrected chi connectivity index (χ1v) is 11.6. The van der Waals surface area contributed by atoms with Gasteiger partial charge in [-0.15, -0.1) is 0 Å². The summed E-state index contributed by atoms with van der Waals surface area (Å²) in [6.07, 6.45) is 0.583. The second-order valence-corrected chi connectivity index (χ2v) is 10.2. The van der Waals surface area contributed by atoms with Crippen LogP contribution >= 0.6 is 0 Å². The molecule has 3 aromatic rings. The molecule has 4 nitrogen and oxygen atoms in total. The molecular formula is C25H27NO3S. The van der Waals surface area contributed by atoms with Crippen molar-refractivity contribution in [1.82, 2.24) is 4.31 Å². The molecule has 0 atom stereocenters. The first-order valence-electron chi connectivity index (χ1n) is 10.2. The Hall–Kier alpha value is -2.63. The number of sulfonamides is 1. The second-order valence-electron chi connectivity index (χ2n) is 8.27. The van der Waals surface area contributed by atoms with Crippen molar-refractivity contribution in [3.05, 3.63) is 81.9 Å². The highest BCUT2D eigenvalue weighted by Gasteiger charge is 2.30. The highest BCUT2D eigenvalue weighted by Crippen LogP contribution is 2.40. The Balaban J connectivity index is 1.76. The monoisotopic (exact) mass is 421 g/mol. The van der Waals surface area contributed by atoms with Gasteiger partial charge in [0.15, 0.2) is 0 Å². The minimum absolute atomic E-state index is 0.176. The van der Waals surface area contributed by atoms with E-state index in [1.165, 1.54) is 9.87 Å². The second kappa shape index (κ2) is 7.56. The third-order valence-electron chi connectivity index (χ3n) is 5.95. The van der Waals surface area contributed by atoms with E-state index in [1.807, 2.05) is 45.0 Å². The Morgan fingerprint density at radius 3 is 2.13 bits per heavy atom. The lowest BCUT2D eigenvalue weighted by Gasteiger charge is -2.29. The molecule has 0 aromatic heterocycles. The Morgan fingerprint density at radius 1 is 0.867 bits per heavy atom. The summed E-state index contributed by atoms with van der Waals surface area (Å²) in [5.74, 6) is 0.186. The third-order valence-corrected chi connectivity index (χ3v) is 7.81. The van der Waals surface area contributed by atoms with Crippen LogP contribution in [-0.2, 0) is 23.0 Å². The lowest BCUT2D eigenvalue weighted by molar-refractivity contribution is 0.377. The predicted molar refractivity (Wildman–Crippen MR) is 120 cm³/mol. The zero-order chi connectivity index (χ0) is 21.6. The van der Waals surface area contributed by atoms with Gasteiger partial charge in [0.05, 0.1) is 4.90 Å². The topological polar surface area (TPSA) is 57.6 Å². The van der Waals surface area contributed by atoms with Crippen LogP contribution in [0.1, 0.15) is 33.4 Å². The third kappa shape index (κ3) is 3.53. The Bertz CT molecular complexity index is 1200. The van der Waals surface area contributed by atoms with Crippen LogP contribution in [0.25, 0.3) is 11.1 Å². The van der Waals surface area contributed by atoms with Gasteiger partial charge in [-0.2, -0.15) is 4.31 Å². The van der Waals surface area contributed by atoms with Gasteiger partial charge < -0.3 is 5.11 Å². The highest BCUT2D eigenvalue weighted by atomic mass is 32.2. The van der Waals surface area contributed by atoms with E-state index in [-0.39, 0.29) is 17.2 Å². The zero-order valence-electron chi connectivity index (χ0n) is 17.9. The summed E-state index contributed by atoms with van der Waals surface area (Å²) in [5, 5.41) is 11.2. The van der Waals surface area contributed by atoms with Crippen LogP contribution in [0.5, 0.6) is 5.75 Å². The van der Waals surface area contributed by atoms with E-state index in [2.05, 4.69) is 19.1 Å². The molecule has 1 aliphatic rings. The van der Waals surface area contributed by atoms with E-state index in [9.17, 15) is 13.5 Å². The Kier molecular flexibility index (Phi) is 5.20. The lowest BCUT2D eigenvalue weighted by atomic mass is 9.89. The van der Waals surface area contributed by atoms with Gasteiger partial charge in [-0.1, -0.05) is 47.5 Å². The van der Waals surface area contributed by atoms with Crippen LogP contribution in [0.3, 0.4) is 0 Å². The van der Waals surface area contributed by atoms with Crippen molar-refractivity contribution in [3.63, 3.8) is 0 Å². The fraction of sp³-hybridized carbons (Fsp3) is 0.280. The molecule has 1 heterocycles. The largest absolute Gasteiger partial charge is 0.507 e. The van der Waals surface area contributed by atoms with Gasteiger partial charge in [0.2, 0.25) is 10.0 Å². The summed E-state index contributed by atoms with van der Waals surface area (Å²) < 4.78 is 27.8. The van der Waals surface area contributed by atoms with E-state index in [0.717, 1.165) is 33.4 Å². The molecular weight excluding hydrogens is 394 g/mol. The number of benzene rings is 3. The van der Waals surface area contributed by atoms with Crippen LogP contribution in [0, 0.1) is 27.7 Å². The standard InChI is InChI=1S/C25H27NO3S/c1-16-5-8-21(9-6-16)30(28,29)26-12-11-20-7-10-22(25(27)23(20)15-26)24-18(3)13-17(2)14-19(24)4/h5-10,13-14,27H,11-12,15H2,1-4H3. The van der Waals surface area contributed by atoms with E-state index < -0.39 is 10.0 Å². The molecule has 0 aliphatic carbocycles. The van der Waals surface area contributed by atoms with Crippen LogP contribution in [-0.4, -0.2) is 24.4 Å². The average molecular weight is 422 g/mol. The number of fused-ring (bicyclic) bond motifs is 1. The van der Waals surface area contributed by atoms with Crippen molar-refractivity contribution in [3.8, 4) is 16.9 Å². The molecule has 0 amide bonds. The Labute approximate surface area is 178 Å². The molecule has 0 bridgehead atoms. The van der Waals surface area contributed by atoms with Crippen molar-refractivity contribution in [2.24, 2.45) is 0 Å². The van der Waals surface area contributed by atoms with E-state index >= 15 is 0 Å². The van der Waals surface area contributed by atoms with Crippen LogP contribution < -0.4 is 0 Å². The van der Waals surface area contributed by atoms with Gasteiger partial charge in [-0.05, 0) is 68.5 Å². The van der Waals surface area contributed by atoms with E-state index in [1.54, 1.807) is 12.1 Å². The van der Waals surface area contributed by atoms with Crippen molar-refractivity contribution < 1.29 is 13.5 Å². The molecule has 0 saturated carbocycles. The smallest absolute Gasteiger partial charge is 0.243 e. The van der Waals surface area contributed by atoms with Gasteiger partial charge >= 0.3 is 0 Å². The average Bonchev–Trinajstić information content (AvgIpc) is 2.69. The summed E-state index contributed by atoms with van der Waals surface area (Å²) in [6.45, 7) is 8.66. The normalized spacial score (nSPS) is 14.5. The summed E-state index contributed by atoms with van der Waals surface area (Å²) >= 11 is 0.